The summed E-state index contributed by atoms with van der Waals surface area (Å²) in [6.45, 7) is 1.29. The van der Waals surface area contributed by atoms with Crippen molar-refractivity contribution >= 4 is 0 Å². The summed E-state index contributed by atoms with van der Waals surface area (Å²) < 4.78 is 102. The summed E-state index contributed by atoms with van der Waals surface area (Å²) >= 11 is 0. The van der Waals surface area contributed by atoms with Gasteiger partial charge in [0.05, 0.1) is 6.61 Å². The summed E-state index contributed by atoms with van der Waals surface area (Å²) in [7, 11) is 0. The Hall–Kier alpha value is -2.29. The summed E-state index contributed by atoms with van der Waals surface area (Å²) in [5.74, 6) is -0.455. The van der Waals surface area contributed by atoms with E-state index >= 15 is 0 Å². The van der Waals surface area contributed by atoms with Crippen LogP contribution < -0.4 is 4.74 Å². The van der Waals surface area contributed by atoms with Crippen LogP contribution in [0.2, 0.25) is 0 Å². The normalized spacial score (nSPS) is 20.2. The van der Waals surface area contributed by atoms with E-state index in [0.717, 1.165) is 61.9 Å². The summed E-state index contributed by atoms with van der Waals surface area (Å²) in [5, 5.41) is 0. The van der Waals surface area contributed by atoms with Gasteiger partial charge in [0.15, 0.2) is 0 Å². The third kappa shape index (κ3) is 7.10. The van der Waals surface area contributed by atoms with Crippen molar-refractivity contribution in [2.45, 2.75) is 76.6 Å². The van der Waals surface area contributed by atoms with Crippen LogP contribution >= 0.6 is 0 Å². The van der Waals surface area contributed by atoms with Gasteiger partial charge in [0.1, 0.15) is 11.6 Å². The molecule has 1 unspecified atom stereocenters. The second kappa shape index (κ2) is 11.0. The number of hydrogen-bond acceptors (Lipinski definition) is 2. The van der Waals surface area contributed by atoms with Gasteiger partial charge in [0.2, 0.25) is 6.17 Å². The molecule has 1 atom stereocenters. The minimum Gasteiger partial charge on any atom is -0.406 e. The Balaban J connectivity index is 1.58. The first-order chi connectivity index (χ1) is 16.0. The Labute approximate surface area is 194 Å². The topological polar surface area (TPSA) is 18.5 Å². The summed E-state index contributed by atoms with van der Waals surface area (Å²) in [5.41, 5.74) is 0.0748. The van der Waals surface area contributed by atoms with Gasteiger partial charge in [-0.3, -0.25) is 0 Å². The van der Waals surface area contributed by atoms with Gasteiger partial charge < -0.3 is 9.47 Å². The maximum Gasteiger partial charge on any atom is 0.573 e. The monoisotopic (exact) mass is 492 g/mol. The Kier molecular flexibility index (Phi) is 8.49. The van der Waals surface area contributed by atoms with Crippen LogP contribution in [0.5, 0.6) is 5.75 Å². The molecule has 3 rings (SSSR count). The molecule has 0 saturated heterocycles. The molecule has 1 saturated carbocycles. The lowest BCUT2D eigenvalue weighted by atomic mass is 9.77. The van der Waals surface area contributed by atoms with Gasteiger partial charge in [-0.1, -0.05) is 44.0 Å². The maximum absolute atomic E-state index is 14.6. The molecule has 0 N–H and O–H groups in total. The molecule has 34 heavy (non-hydrogen) atoms. The Morgan fingerprint density at radius 1 is 0.941 bits per heavy atom. The third-order valence-corrected chi connectivity index (χ3v) is 6.21. The zero-order valence-electron chi connectivity index (χ0n) is 18.7. The van der Waals surface area contributed by atoms with Crippen LogP contribution in [0.25, 0.3) is 0 Å². The lowest BCUT2D eigenvalue weighted by Gasteiger charge is -2.29. The second-order valence-corrected chi connectivity index (χ2v) is 8.69. The number of halogens is 7. The molecule has 2 aromatic carbocycles. The Morgan fingerprint density at radius 2 is 1.59 bits per heavy atom. The van der Waals surface area contributed by atoms with Gasteiger partial charge in [-0.25, -0.2) is 8.78 Å². The van der Waals surface area contributed by atoms with E-state index in [1.165, 1.54) is 18.6 Å². The maximum atomic E-state index is 14.6. The van der Waals surface area contributed by atoms with E-state index < -0.39 is 42.4 Å². The van der Waals surface area contributed by atoms with E-state index in [1.807, 2.05) is 0 Å². The molecule has 0 spiro atoms. The molecular weight excluding hydrogens is 465 g/mol. The third-order valence-electron chi connectivity index (χ3n) is 6.21. The van der Waals surface area contributed by atoms with Crippen molar-refractivity contribution in [3.05, 3.63) is 65.0 Å². The fourth-order valence-electron chi connectivity index (χ4n) is 4.41. The van der Waals surface area contributed by atoms with Crippen molar-refractivity contribution in [2.24, 2.45) is 5.92 Å². The van der Waals surface area contributed by atoms with Crippen molar-refractivity contribution in [3.8, 4) is 5.75 Å². The van der Waals surface area contributed by atoms with Crippen LogP contribution in [0.1, 0.15) is 74.2 Å². The van der Waals surface area contributed by atoms with Crippen LogP contribution in [0.15, 0.2) is 42.5 Å². The average Bonchev–Trinajstić information content (AvgIpc) is 2.78. The SMILES string of the molecule is CCCC1CCC(c2ccc(COC(F)(F)C(F)c3ccc(OC(F)(F)F)cc3)c(F)c2)CC1. The van der Waals surface area contributed by atoms with Crippen LogP contribution in [-0.4, -0.2) is 12.5 Å². The number of rotatable bonds is 9. The number of benzene rings is 2. The molecule has 0 bridgehead atoms. The fourth-order valence-corrected chi connectivity index (χ4v) is 4.41. The molecular formula is C25H27F7O2. The molecule has 1 aliphatic carbocycles. The molecule has 0 heterocycles. The molecule has 188 valence electrons. The highest BCUT2D eigenvalue weighted by Crippen LogP contribution is 2.39. The Bertz CT molecular complexity index is 920. The first kappa shape index (κ1) is 26.3. The smallest absolute Gasteiger partial charge is 0.406 e. The lowest BCUT2D eigenvalue weighted by molar-refractivity contribution is -0.282. The first-order valence-electron chi connectivity index (χ1n) is 11.3. The lowest BCUT2D eigenvalue weighted by Crippen LogP contribution is -2.27. The van der Waals surface area contributed by atoms with Gasteiger partial charge in [-0.2, -0.15) is 8.78 Å². The molecule has 0 amide bonds. The number of alkyl halides is 6. The minimum absolute atomic E-state index is 0.135. The Morgan fingerprint density at radius 3 is 2.15 bits per heavy atom. The molecule has 9 heteroatoms. The summed E-state index contributed by atoms with van der Waals surface area (Å²) in [6, 6.07) is 7.32. The average molecular weight is 492 g/mol. The highest BCUT2D eigenvalue weighted by atomic mass is 19.4. The molecule has 1 fully saturated rings. The highest BCUT2D eigenvalue weighted by molar-refractivity contribution is 5.30. The summed E-state index contributed by atoms with van der Waals surface area (Å²) in [6.07, 6.45) is -5.85. The van der Waals surface area contributed by atoms with Gasteiger partial charge in [0.25, 0.3) is 0 Å². The van der Waals surface area contributed by atoms with E-state index in [1.54, 1.807) is 6.07 Å². The molecule has 2 aromatic rings. The molecule has 0 aliphatic heterocycles. The summed E-state index contributed by atoms with van der Waals surface area (Å²) in [4.78, 5) is 0. The van der Waals surface area contributed by atoms with Crippen LogP contribution in [0, 0.1) is 11.7 Å². The van der Waals surface area contributed by atoms with Crippen molar-refractivity contribution in [1.29, 1.82) is 0 Å². The molecule has 0 radical (unpaired) electrons. The zero-order valence-corrected chi connectivity index (χ0v) is 18.7. The van der Waals surface area contributed by atoms with Crippen molar-refractivity contribution in [3.63, 3.8) is 0 Å². The first-order valence-corrected chi connectivity index (χ1v) is 11.3. The van der Waals surface area contributed by atoms with Crippen molar-refractivity contribution < 1.29 is 40.2 Å². The largest absolute Gasteiger partial charge is 0.573 e. The van der Waals surface area contributed by atoms with Gasteiger partial charge >= 0.3 is 12.5 Å². The van der Waals surface area contributed by atoms with Crippen molar-refractivity contribution in [2.75, 3.05) is 0 Å². The van der Waals surface area contributed by atoms with E-state index in [0.29, 0.717) is 5.92 Å². The predicted molar refractivity (Wildman–Crippen MR) is 113 cm³/mol. The van der Waals surface area contributed by atoms with Gasteiger partial charge in [0, 0.05) is 5.56 Å². The standard InChI is InChI=1S/C25H27F7O2/c1-2-3-16-4-6-17(7-5-16)19-8-9-20(22(26)14-19)15-33-24(28,29)23(27)18-10-12-21(13-11-18)34-25(30,31)32/h8-14,16-17,23H,2-7,15H2,1H3. The quantitative estimate of drug-likeness (QED) is 0.326. The van der Waals surface area contributed by atoms with Crippen LogP contribution in [0.3, 0.4) is 0 Å². The molecule has 0 aromatic heterocycles. The van der Waals surface area contributed by atoms with Gasteiger partial charge in [-0.05, 0) is 66.8 Å². The van der Waals surface area contributed by atoms with Crippen LogP contribution in [-0.2, 0) is 11.3 Å². The zero-order chi connectivity index (χ0) is 24.9. The van der Waals surface area contributed by atoms with E-state index in [2.05, 4.69) is 16.4 Å². The van der Waals surface area contributed by atoms with Gasteiger partial charge in [-0.15, -0.1) is 13.2 Å². The fraction of sp³-hybridized carbons (Fsp3) is 0.520. The van der Waals surface area contributed by atoms with Crippen LogP contribution in [0.4, 0.5) is 30.7 Å². The van der Waals surface area contributed by atoms with E-state index in [9.17, 15) is 30.7 Å². The minimum atomic E-state index is -4.96. The number of hydrogen-bond donors (Lipinski definition) is 0. The van der Waals surface area contributed by atoms with Crippen molar-refractivity contribution in [1.82, 2.24) is 0 Å². The highest BCUT2D eigenvalue weighted by Gasteiger charge is 2.43. The molecule has 2 nitrogen and oxygen atoms in total. The van der Waals surface area contributed by atoms with E-state index in [4.69, 9.17) is 0 Å². The number of ether oxygens (including phenoxy) is 2. The van der Waals surface area contributed by atoms with E-state index in [-0.39, 0.29) is 11.5 Å². The predicted octanol–water partition coefficient (Wildman–Crippen LogP) is 8.62. The second-order valence-electron chi connectivity index (χ2n) is 8.69. The molecule has 1 aliphatic rings.